The van der Waals surface area contributed by atoms with Crippen molar-refractivity contribution in [2.24, 2.45) is 5.73 Å². The predicted molar refractivity (Wildman–Crippen MR) is 76.2 cm³/mol. The van der Waals surface area contributed by atoms with Gasteiger partial charge in [-0.2, -0.15) is 0 Å². The molecule has 0 saturated heterocycles. The molecule has 0 amide bonds. The molecule has 4 nitrogen and oxygen atoms in total. The number of rotatable bonds is 6. The third-order valence-corrected chi connectivity index (χ3v) is 3.38. The van der Waals surface area contributed by atoms with Crippen LogP contribution in [0.4, 0.5) is 0 Å². The van der Waals surface area contributed by atoms with Gasteiger partial charge in [0.15, 0.2) is 0 Å². The fraction of sp³-hybridized carbons (Fsp3) is 0.400. The predicted octanol–water partition coefficient (Wildman–Crippen LogP) is 2.40. The second-order valence-electron chi connectivity index (χ2n) is 4.87. The third-order valence-electron chi connectivity index (χ3n) is 3.38. The van der Waals surface area contributed by atoms with Crippen molar-refractivity contribution in [3.05, 3.63) is 36.0 Å². The van der Waals surface area contributed by atoms with Crippen molar-refractivity contribution in [1.82, 2.24) is 4.57 Å². The first-order chi connectivity index (χ1) is 9.13. The van der Waals surface area contributed by atoms with Gasteiger partial charge < -0.3 is 15.4 Å². The Morgan fingerprint density at radius 1 is 1.42 bits per heavy atom. The minimum Gasteiger partial charge on any atom is -0.480 e. The molecule has 0 radical (unpaired) electrons. The Kier molecular flexibility index (Phi) is 4.22. The summed E-state index contributed by atoms with van der Waals surface area (Å²) in [4.78, 5) is 10.9. The molecule has 0 fully saturated rings. The molecule has 2 rings (SSSR count). The Labute approximate surface area is 112 Å². The summed E-state index contributed by atoms with van der Waals surface area (Å²) in [6.07, 6.45) is 4.66. The van der Waals surface area contributed by atoms with Gasteiger partial charge in [-0.3, -0.25) is 4.79 Å². The number of aromatic nitrogens is 1. The Balaban J connectivity index is 2.35. The van der Waals surface area contributed by atoms with Crippen LogP contribution in [0.3, 0.4) is 0 Å². The monoisotopic (exact) mass is 260 g/mol. The number of hydrogen-bond acceptors (Lipinski definition) is 2. The van der Waals surface area contributed by atoms with Crippen molar-refractivity contribution in [2.45, 2.75) is 38.8 Å². The van der Waals surface area contributed by atoms with Crippen molar-refractivity contribution in [3.63, 3.8) is 0 Å². The zero-order valence-corrected chi connectivity index (χ0v) is 11.2. The van der Waals surface area contributed by atoms with Crippen LogP contribution in [0, 0.1) is 0 Å². The van der Waals surface area contributed by atoms with Gasteiger partial charge in [0, 0.05) is 30.1 Å². The number of hydrogen-bond donors (Lipinski definition) is 2. The number of carbonyl (C=O) groups is 1. The number of para-hydroxylation sites is 1. The summed E-state index contributed by atoms with van der Waals surface area (Å²) in [5.74, 6) is -0.953. The van der Waals surface area contributed by atoms with E-state index in [1.54, 1.807) is 0 Å². The zero-order chi connectivity index (χ0) is 13.8. The first-order valence-corrected chi connectivity index (χ1v) is 6.68. The number of unbranched alkanes of at least 4 members (excludes halogenated alkanes) is 1. The summed E-state index contributed by atoms with van der Waals surface area (Å²) in [6.45, 7) is 3.12. The van der Waals surface area contributed by atoms with E-state index in [9.17, 15) is 4.79 Å². The highest BCUT2D eigenvalue weighted by atomic mass is 16.4. The molecule has 1 heterocycles. The average molecular weight is 260 g/mol. The van der Waals surface area contributed by atoms with Gasteiger partial charge in [-0.25, -0.2) is 0 Å². The third kappa shape index (κ3) is 2.96. The first kappa shape index (κ1) is 13.6. The van der Waals surface area contributed by atoms with Crippen molar-refractivity contribution in [2.75, 3.05) is 0 Å². The Hall–Kier alpha value is -1.81. The molecule has 1 aromatic heterocycles. The molecule has 19 heavy (non-hydrogen) atoms. The number of nitrogens with zero attached hydrogens (tertiary/aromatic N) is 1. The summed E-state index contributed by atoms with van der Waals surface area (Å²) in [7, 11) is 0. The number of benzene rings is 1. The molecular formula is C15H20N2O2. The van der Waals surface area contributed by atoms with Crippen molar-refractivity contribution >= 4 is 16.9 Å². The molecule has 0 aliphatic rings. The second-order valence-corrected chi connectivity index (χ2v) is 4.87. The normalized spacial score (nSPS) is 12.7. The van der Waals surface area contributed by atoms with Crippen LogP contribution in [-0.2, 0) is 17.8 Å². The molecule has 102 valence electrons. The molecule has 0 unspecified atom stereocenters. The van der Waals surface area contributed by atoms with Gasteiger partial charge in [-0.15, -0.1) is 0 Å². The lowest BCUT2D eigenvalue weighted by atomic mass is 10.1. The van der Waals surface area contributed by atoms with Crippen LogP contribution < -0.4 is 5.73 Å². The van der Waals surface area contributed by atoms with Crippen LogP contribution in [0.15, 0.2) is 30.5 Å². The van der Waals surface area contributed by atoms with E-state index in [0.29, 0.717) is 6.42 Å². The van der Waals surface area contributed by atoms with Crippen molar-refractivity contribution < 1.29 is 9.90 Å². The number of carboxylic acids is 1. The maximum absolute atomic E-state index is 10.9. The van der Waals surface area contributed by atoms with E-state index in [0.717, 1.165) is 35.9 Å². The highest BCUT2D eigenvalue weighted by Gasteiger charge is 2.16. The first-order valence-electron chi connectivity index (χ1n) is 6.68. The van der Waals surface area contributed by atoms with E-state index in [2.05, 4.69) is 17.6 Å². The minimum atomic E-state index is -0.953. The highest BCUT2D eigenvalue weighted by molar-refractivity contribution is 5.85. The summed E-state index contributed by atoms with van der Waals surface area (Å²) in [6, 6.07) is 7.24. The van der Waals surface area contributed by atoms with Crippen molar-refractivity contribution in [1.29, 1.82) is 0 Å². The number of aliphatic carboxylic acids is 1. The Morgan fingerprint density at radius 3 is 2.84 bits per heavy atom. The maximum atomic E-state index is 10.9. The number of aryl methyl sites for hydroxylation is 1. The van der Waals surface area contributed by atoms with Crippen LogP contribution in [-0.4, -0.2) is 21.7 Å². The van der Waals surface area contributed by atoms with Gasteiger partial charge in [-0.1, -0.05) is 31.5 Å². The van der Waals surface area contributed by atoms with Gasteiger partial charge in [0.05, 0.1) is 0 Å². The molecule has 0 aliphatic carbocycles. The highest BCUT2D eigenvalue weighted by Crippen LogP contribution is 2.22. The van der Waals surface area contributed by atoms with E-state index in [-0.39, 0.29) is 0 Å². The molecule has 3 N–H and O–H groups in total. The van der Waals surface area contributed by atoms with E-state index in [1.807, 2.05) is 24.4 Å². The number of fused-ring (bicyclic) bond motifs is 1. The standard InChI is InChI=1S/C15H20N2O2/c1-2-3-8-17-10-11(9-13(16)15(18)19)12-6-4-5-7-14(12)17/h4-7,10,13H,2-3,8-9,16H2,1H3,(H,18,19)/t13-/m0/s1. The number of carboxylic acid groups (broad SMARTS) is 1. The van der Waals surface area contributed by atoms with Crippen molar-refractivity contribution in [3.8, 4) is 0 Å². The van der Waals surface area contributed by atoms with Crippen LogP contribution in [0.5, 0.6) is 0 Å². The molecule has 1 atom stereocenters. The van der Waals surface area contributed by atoms with E-state index in [1.165, 1.54) is 0 Å². The Bertz CT molecular complexity index is 575. The molecule has 2 aromatic rings. The van der Waals surface area contributed by atoms with E-state index in [4.69, 9.17) is 10.8 Å². The SMILES string of the molecule is CCCCn1cc(C[C@H](N)C(=O)O)c2ccccc21. The van der Waals surface area contributed by atoms with Crippen LogP contribution in [0.1, 0.15) is 25.3 Å². The largest absolute Gasteiger partial charge is 0.480 e. The fourth-order valence-electron chi connectivity index (χ4n) is 2.32. The van der Waals surface area contributed by atoms with Crippen LogP contribution in [0.25, 0.3) is 10.9 Å². The zero-order valence-electron chi connectivity index (χ0n) is 11.2. The summed E-state index contributed by atoms with van der Waals surface area (Å²) < 4.78 is 2.20. The van der Waals surface area contributed by atoms with Gasteiger partial charge in [0.1, 0.15) is 6.04 Å². The minimum absolute atomic E-state index is 0.370. The quantitative estimate of drug-likeness (QED) is 0.838. The number of nitrogens with two attached hydrogens (primary N) is 1. The van der Waals surface area contributed by atoms with Gasteiger partial charge in [0.25, 0.3) is 0 Å². The van der Waals surface area contributed by atoms with Gasteiger partial charge >= 0.3 is 5.97 Å². The second kappa shape index (κ2) is 5.89. The summed E-state index contributed by atoms with van der Waals surface area (Å²) >= 11 is 0. The average Bonchev–Trinajstić information content (AvgIpc) is 2.75. The smallest absolute Gasteiger partial charge is 0.320 e. The summed E-state index contributed by atoms with van der Waals surface area (Å²) in [5, 5.41) is 10.0. The van der Waals surface area contributed by atoms with E-state index < -0.39 is 12.0 Å². The topological polar surface area (TPSA) is 68.2 Å². The lowest BCUT2D eigenvalue weighted by Crippen LogP contribution is -2.32. The van der Waals surface area contributed by atoms with Gasteiger partial charge in [0.2, 0.25) is 0 Å². The Morgan fingerprint density at radius 2 is 2.16 bits per heavy atom. The lowest BCUT2D eigenvalue weighted by molar-refractivity contribution is -0.138. The fourth-order valence-corrected chi connectivity index (χ4v) is 2.32. The molecular weight excluding hydrogens is 240 g/mol. The lowest BCUT2D eigenvalue weighted by Gasteiger charge is -2.04. The maximum Gasteiger partial charge on any atom is 0.320 e. The molecule has 0 aliphatic heterocycles. The molecule has 1 aromatic carbocycles. The van der Waals surface area contributed by atoms with Crippen LogP contribution in [0.2, 0.25) is 0 Å². The molecule has 0 saturated carbocycles. The van der Waals surface area contributed by atoms with E-state index >= 15 is 0 Å². The van der Waals surface area contributed by atoms with Gasteiger partial charge in [-0.05, 0) is 18.1 Å². The summed E-state index contributed by atoms with van der Waals surface area (Å²) in [5.41, 5.74) is 7.81. The molecule has 4 heteroatoms. The molecule has 0 bridgehead atoms. The van der Waals surface area contributed by atoms with Crippen LogP contribution >= 0.6 is 0 Å². The molecule has 0 spiro atoms.